The molecule has 2 nitrogen and oxygen atoms in total. The van der Waals surface area contributed by atoms with E-state index in [1.165, 1.54) is 12.0 Å². The minimum atomic E-state index is 0. The van der Waals surface area contributed by atoms with E-state index in [0.717, 1.165) is 6.42 Å². The van der Waals surface area contributed by atoms with E-state index in [1.54, 1.807) is 12.1 Å². The average molecular weight is 363 g/mol. The van der Waals surface area contributed by atoms with Gasteiger partial charge in [0.2, 0.25) is 0 Å². The Bertz CT molecular complexity index is 269. The van der Waals surface area contributed by atoms with Crippen molar-refractivity contribution < 1.29 is 30.0 Å². The second kappa shape index (κ2) is 6.75. The van der Waals surface area contributed by atoms with Gasteiger partial charge in [-0.15, -0.1) is 12.1 Å². The predicted octanol–water partition coefficient (Wildman–Crippen LogP) is 2.64. The first-order valence-corrected chi connectivity index (χ1v) is 4.42. The van der Waals surface area contributed by atoms with Gasteiger partial charge in [0, 0.05) is 20.4 Å². The molecule has 14 heavy (non-hydrogen) atoms. The summed E-state index contributed by atoms with van der Waals surface area (Å²) in [7, 11) is 0. The fourth-order valence-electron chi connectivity index (χ4n) is 1.15. The maximum atomic E-state index is 9.90. The van der Waals surface area contributed by atoms with E-state index in [-0.39, 0.29) is 20.4 Å². The average Bonchev–Trinajstić information content (AvgIpc) is 2.18. The van der Waals surface area contributed by atoms with Gasteiger partial charge in [0.1, 0.15) is 0 Å². The molecule has 0 bridgehead atoms. The van der Waals surface area contributed by atoms with Gasteiger partial charge in [0.05, 0.1) is 0 Å². The molecule has 0 saturated carbocycles. The number of hydrogen-bond acceptors (Lipinski definition) is 2. The van der Waals surface area contributed by atoms with Gasteiger partial charge < -0.3 is 9.53 Å². The molecule has 0 saturated heterocycles. The Labute approximate surface area is 98.3 Å². The largest absolute Gasteiger partial charge is 0.610 e. The molecule has 1 unspecified atom stereocenters. The Kier molecular flexibility index (Phi) is 6.44. The molecule has 1 aromatic rings. The molecule has 0 aliphatic rings. The van der Waals surface area contributed by atoms with Crippen molar-refractivity contribution in [2.45, 2.75) is 26.2 Å². The monoisotopic (exact) mass is 364 g/mol. The molecule has 1 rings (SSSR count). The van der Waals surface area contributed by atoms with Crippen molar-refractivity contribution in [2.24, 2.45) is 0 Å². The van der Waals surface area contributed by atoms with Crippen LogP contribution in [0.3, 0.4) is 0 Å². The molecule has 0 spiro atoms. The van der Waals surface area contributed by atoms with Crippen molar-refractivity contribution in [1.29, 1.82) is 0 Å². The second-order valence-corrected chi connectivity index (χ2v) is 3.06. The molecule has 3 heteroatoms. The molecule has 0 aliphatic carbocycles. The molecule has 1 radical (unpaired) electrons. The zero-order chi connectivity index (χ0) is 9.68. The summed E-state index contributed by atoms with van der Waals surface area (Å²) in [6.45, 7) is 5.71. The van der Waals surface area contributed by atoms with Crippen LogP contribution in [0.2, 0.25) is 0 Å². The maximum absolute atomic E-state index is 9.90. The van der Waals surface area contributed by atoms with Crippen LogP contribution < -0.4 is 4.74 Å². The minimum Gasteiger partial charge on any atom is -0.610 e. The molecule has 1 atom stereocenters. The van der Waals surface area contributed by atoms with Crippen LogP contribution in [0.5, 0.6) is 5.75 Å². The third kappa shape index (κ3) is 3.61. The molecule has 0 aliphatic heterocycles. The van der Waals surface area contributed by atoms with Crippen LogP contribution in [0, 0.1) is 0 Å². The smallest absolute Gasteiger partial charge is 0.170 e. The quantitative estimate of drug-likeness (QED) is 0.769. The van der Waals surface area contributed by atoms with Gasteiger partial charge in [0.15, 0.2) is 6.47 Å². The van der Waals surface area contributed by atoms with Crippen molar-refractivity contribution in [1.82, 2.24) is 0 Å². The van der Waals surface area contributed by atoms with Gasteiger partial charge in [-0.3, -0.25) is 0 Å². The first kappa shape index (κ1) is 13.4. The SMILES string of the molecule is CCC(C)c1ccc(O[C-]=O)cc1.[Re]. The van der Waals surface area contributed by atoms with Gasteiger partial charge in [-0.25, -0.2) is 0 Å². The van der Waals surface area contributed by atoms with E-state index in [1.807, 2.05) is 12.1 Å². The summed E-state index contributed by atoms with van der Waals surface area (Å²) in [5, 5.41) is 0. The number of ether oxygens (including phenoxy) is 1. The van der Waals surface area contributed by atoms with E-state index in [0.29, 0.717) is 11.7 Å². The van der Waals surface area contributed by atoms with E-state index in [4.69, 9.17) is 0 Å². The van der Waals surface area contributed by atoms with Crippen molar-refractivity contribution in [2.75, 3.05) is 0 Å². The Hall–Kier alpha value is -0.648. The summed E-state index contributed by atoms with van der Waals surface area (Å²) in [6, 6.07) is 7.51. The standard InChI is InChI=1S/C11H13O2.Re/c1-3-9(2)10-4-6-11(7-5-10)13-8-12;/h4-7,9H,3H2,1-2H3;/q-1;. The van der Waals surface area contributed by atoms with E-state index in [9.17, 15) is 4.79 Å². The summed E-state index contributed by atoms with van der Waals surface area (Å²) >= 11 is 0. The number of rotatable bonds is 4. The van der Waals surface area contributed by atoms with Gasteiger partial charge in [0.25, 0.3) is 0 Å². The maximum Gasteiger partial charge on any atom is 0.170 e. The zero-order valence-corrected chi connectivity index (χ0v) is 11.0. The van der Waals surface area contributed by atoms with Gasteiger partial charge >= 0.3 is 0 Å². The fourth-order valence-corrected chi connectivity index (χ4v) is 1.15. The number of carbonyl (C=O) groups excluding carboxylic acids is 1. The van der Waals surface area contributed by atoms with Crippen molar-refractivity contribution in [3.63, 3.8) is 0 Å². The number of benzene rings is 1. The molecule has 0 fully saturated rings. The van der Waals surface area contributed by atoms with Crippen LogP contribution in [0.4, 0.5) is 0 Å². The first-order chi connectivity index (χ1) is 6.27. The molecule has 0 amide bonds. The fraction of sp³-hybridized carbons (Fsp3) is 0.364. The summed E-state index contributed by atoms with van der Waals surface area (Å²) in [5.74, 6) is 1.09. The third-order valence-corrected chi connectivity index (χ3v) is 2.22. The third-order valence-electron chi connectivity index (χ3n) is 2.22. The first-order valence-electron chi connectivity index (χ1n) is 4.42. The van der Waals surface area contributed by atoms with Gasteiger partial charge in [-0.2, -0.15) is 0 Å². The molecule has 0 aromatic heterocycles. The molecule has 0 heterocycles. The van der Waals surface area contributed by atoms with E-state index >= 15 is 0 Å². The zero-order valence-electron chi connectivity index (χ0n) is 8.29. The van der Waals surface area contributed by atoms with Crippen molar-refractivity contribution in [3.8, 4) is 5.75 Å². The Morgan fingerprint density at radius 1 is 1.36 bits per heavy atom. The summed E-state index contributed by atoms with van der Waals surface area (Å²) in [6.07, 6.45) is 1.11. The molecule has 0 N–H and O–H groups in total. The van der Waals surface area contributed by atoms with Crippen LogP contribution in [0.15, 0.2) is 24.3 Å². The molecular formula is C11H13O2Re-. The Morgan fingerprint density at radius 3 is 2.36 bits per heavy atom. The summed E-state index contributed by atoms with van der Waals surface area (Å²) in [4.78, 5) is 9.90. The molecule has 1 aromatic carbocycles. The Morgan fingerprint density at radius 2 is 1.93 bits per heavy atom. The minimum absolute atomic E-state index is 0. The predicted molar refractivity (Wildman–Crippen MR) is 51.5 cm³/mol. The number of hydrogen-bond donors (Lipinski definition) is 0. The molecular weight excluding hydrogens is 350 g/mol. The van der Waals surface area contributed by atoms with Crippen LogP contribution in [-0.2, 0) is 25.2 Å². The Balaban J connectivity index is 0.00000169. The van der Waals surface area contributed by atoms with Gasteiger partial charge in [-0.1, -0.05) is 26.0 Å². The summed E-state index contributed by atoms with van der Waals surface area (Å²) < 4.78 is 4.57. The normalized spacial score (nSPS) is 11.3. The molecule has 77 valence electrons. The van der Waals surface area contributed by atoms with Crippen molar-refractivity contribution in [3.05, 3.63) is 29.8 Å². The second-order valence-electron chi connectivity index (χ2n) is 3.06. The van der Waals surface area contributed by atoms with Crippen molar-refractivity contribution >= 4 is 6.47 Å². The topological polar surface area (TPSA) is 26.3 Å². The van der Waals surface area contributed by atoms with E-state index in [2.05, 4.69) is 18.6 Å². The van der Waals surface area contributed by atoms with Crippen LogP contribution in [0.25, 0.3) is 0 Å². The van der Waals surface area contributed by atoms with Crippen LogP contribution in [0.1, 0.15) is 31.7 Å². The van der Waals surface area contributed by atoms with Crippen LogP contribution in [-0.4, -0.2) is 6.47 Å². The van der Waals surface area contributed by atoms with E-state index < -0.39 is 0 Å². The van der Waals surface area contributed by atoms with Crippen LogP contribution >= 0.6 is 0 Å². The van der Waals surface area contributed by atoms with Gasteiger partial charge in [-0.05, 0) is 23.7 Å². The summed E-state index contributed by atoms with van der Waals surface area (Å²) in [5.41, 5.74) is 1.26.